The van der Waals surface area contributed by atoms with Gasteiger partial charge in [0.1, 0.15) is 0 Å². The van der Waals surface area contributed by atoms with E-state index in [-0.39, 0.29) is 35.4 Å². The molecule has 1 aliphatic carbocycles. The fourth-order valence-electron chi connectivity index (χ4n) is 3.40. The van der Waals surface area contributed by atoms with E-state index in [0.29, 0.717) is 6.42 Å². The number of Topliss-reactive ketones (excluding diaryl/α,β-unsaturated/α-hetero) is 2. The number of rotatable bonds is 4. The Morgan fingerprint density at radius 1 is 1.08 bits per heavy atom. The summed E-state index contributed by atoms with van der Waals surface area (Å²) in [4.78, 5) is 50.9. The van der Waals surface area contributed by atoms with Crippen LogP contribution in [0, 0.1) is 5.41 Å². The number of ether oxygens (including phenoxy) is 1. The molecule has 0 bridgehead atoms. The molecule has 0 saturated carbocycles. The number of hydrogen-bond acceptors (Lipinski definition) is 5. The van der Waals surface area contributed by atoms with Crippen molar-refractivity contribution in [1.82, 2.24) is 5.32 Å². The lowest BCUT2D eigenvalue weighted by atomic mass is 9.71. The van der Waals surface area contributed by atoms with Crippen LogP contribution in [0.15, 0.2) is 35.5 Å². The highest BCUT2D eigenvalue weighted by Crippen LogP contribution is 2.45. The molecular weight excluding hydrogens is 310 g/mol. The van der Waals surface area contributed by atoms with Crippen molar-refractivity contribution in [3.05, 3.63) is 46.7 Å². The van der Waals surface area contributed by atoms with Crippen LogP contribution >= 0.6 is 0 Å². The Labute approximate surface area is 138 Å². The highest BCUT2D eigenvalue weighted by molar-refractivity contribution is 6.34. The van der Waals surface area contributed by atoms with Gasteiger partial charge in [0.2, 0.25) is 11.7 Å². The fraction of sp³-hybridized carbons (Fsp3) is 0.333. The van der Waals surface area contributed by atoms with E-state index in [0.717, 1.165) is 0 Å². The largest absolute Gasteiger partial charge is 0.465 e. The number of benzene rings is 1. The van der Waals surface area contributed by atoms with Crippen LogP contribution in [0.1, 0.15) is 47.4 Å². The molecule has 2 aliphatic rings. The summed E-state index contributed by atoms with van der Waals surface area (Å²) in [5.41, 5.74) is -1.47. The number of ketones is 2. The van der Waals surface area contributed by atoms with Gasteiger partial charge in [-0.25, -0.2) is 0 Å². The first kappa shape index (κ1) is 16.1. The number of fused-ring (bicyclic) bond motifs is 1. The summed E-state index contributed by atoms with van der Waals surface area (Å²) in [5.74, 6) is -2.37. The normalized spacial score (nSPS) is 22.2. The van der Waals surface area contributed by atoms with Gasteiger partial charge < -0.3 is 10.1 Å². The first-order valence-electron chi connectivity index (χ1n) is 7.90. The van der Waals surface area contributed by atoms with Crippen LogP contribution in [-0.2, 0) is 14.3 Å². The fourth-order valence-corrected chi connectivity index (χ4v) is 3.40. The SMILES string of the molecule is CCCC1(C(=O)OCC)C(=O)NC2=C1C(=O)c1ccccc1C2=O. The van der Waals surface area contributed by atoms with Gasteiger partial charge >= 0.3 is 5.97 Å². The highest BCUT2D eigenvalue weighted by Gasteiger charge is 2.60. The summed E-state index contributed by atoms with van der Waals surface area (Å²) >= 11 is 0. The third-order valence-corrected chi connectivity index (χ3v) is 4.42. The first-order valence-corrected chi connectivity index (χ1v) is 7.90. The van der Waals surface area contributed by atoms with Crippen molar-refractivity contribution in [3.8, 4) is 0 Å². The molecule has 1 heterocycles. The van der Waals surface area contributed by atoms with Crippen LogP contribution in [0.25, 0.3) is 0 Å². The maximum Gasteiger partial charge on any atom is 0.326 e. The number of nitrogens with one attached hydrogen (secondary N) is 1. The van der Waals surface area contributed by atoms with Crippen LogP contribution in [-0.4, -0.2) is 30.0 Å². The number of amides is 1. The maximum atomic E-state index is 13.0. The Balaban J connectivity index is 2.24. The zero-order valence-electron chi connectivity index (χ0n) is 13.5. The van der Waals surface area contributed by atoms with Crippen LogP contribution in [0.2, 0.25) is 0 Å². The highest BCUT2D eigenvalue weighted by atomic mass is 16.5. The Morgan fingerprint density at radius 3 is 2.29 bits per heavy atom. The molecule has 1 atom stereocenters. The molecule has 0 fully saturated rings. The molecule has 124 valence electrons. The van der Waals surface area contributed by atoms with E-state index in [1.807, 2.05) is 0 Å². The van der Waals surface area contributed by atoms with Crippen molar-refractivity contribution in [2.75, 3.05) is 6.61 Å². The second kappa shape index (κ2) is 5.70. The number of carbonyl (C=O) groups excluding carboxylic acids is 4. The Morgan fingerprint density at radius 2 is 1.71 bits per heavy atom. The van der Waals surface area contributed by atoms with E-state index in [1.54, 1.807) is 26.0 Å². The van der Waals surface area contributed by atoms with Crippen LogP contribution in [0.3, 0.4) is 0 Å². The maximum absolute atomic E-state index is 13.0. The molecule has 0 radical (unpaired) electrons. The van der Waals surface area contributed by atoms with Crippen LogP contribution < -0.4 is 5.32 Å². The van der Waals surface area contributed by atoms with Gasteiger partial charge in [0, 0.05) is 11.1 Å². The lowest BCUT2D eigenvalue weighted by Crippen LogP contribution is -2.44. The second-order valence-electron chi connectivity index (χ2n) is 5.78. The summed E-state index contributed by atoms with van der Waals surface area (Å²) in [6, 6.07) is 6.36. The minimum Gasteiger partial charge on any atom is -0.465 e. The molecular formula is C18H17NO5. The van der Waals surface area contributed by atoms with E-state index in [9.17, 15) is 19.2 Å². The Kier molecular flexibility index (Phi) is 3.83. The summed E-state index contributed by atoms with van der Waals surface area (Å²) in [7, 11) is 0. The van der Waals surface area contributed by atoms with Gasteiger partial charge in [-0.3, -0.25) is 19.2 Å². The van der Waals surface area contributed by atoms with Gasteiger partial charge in [-0.2, -0.15) is 0 Å². The summed E-state index contributed by atoms with van der Waals surface area (Å²) in [6.45, 7) is 3.51. The van der Waals surface area contributed by atoms with Crippen molar-refractivity contribution in [3.63, 3.8) is 0 Å². The third-order valence-electron chi connectivity index (χ3n) is 4.42. The molecule has 1 aromatic carbocycles. The topological polar surface area (TPSA) is 89.5 Å². The lowest BCUT2D eigenvalue weighted by Gasteiger charge is -2.27. The molecule has 3 rings (SSSR count). The lowest BCUT2D eigenvalue weighted by molar-refractivity contribution is -0.157. The first-order chi connectivity index (χ1) is 11.5. The molecule has 6 heteroatoms. The van der Waals surface area contributed by atoms with Crippen molar-refractivity contribution >= 4 is 23.4 Å². The second-order valence-corrected chi connectivity index (χ2v) is 5.78. The van der Waals surface area contributed by atoms with Gasteiger partial charge in [0.15, 0.2) is 11.2 Å². The van der Waals surface area contributed by atoms with Crippen molar-refractivity contribution in [1.29, 1.82) is 0 Å². The van der Waals surface area contributed by atoms with Crippen molar-refractivity contribution < 1.29 is 23.9 Å². The molecule has 0 spiro atoms. The van der Waals surface area contributed by atoms with Gasteiger partial charge in [0.25, 0.3) is 0 Å². The Hall–Kier alpha value is -2.76. The van der Waals surface area contributed by atoms with Gasteiger partial charge in [-0.1, -0.05) is 37.6 Å². The number of allylic oxidation sites excluding steroid dienone is 1. The molecule has 24 heavy (non-hydrogen) atoms. The minimum absolute atomic E-state index is 0.0727. The number of esters is 1. The van der Waals surface area contributed by atoms with E-state index < -0.39 is 28.9 Å². The Bertz CT molecular complexity index is 807. The quantitative estimate of drug-likeness (QED) is 0.673. The van der Waals surface area contributed by atoms with E-state index >= 15 is 0 Å². The van der Waals surface area contributed by atoms with E-state index in [4.69, 9.17) is 4.74 Å². The molecule has 0 saturated heterocycles. The standard InChI is InChI=1S/C18H17NO5/c1-3-9-18(17(23)24-4-2)12-13(19-16(18)22)15(21)11-8-6-5-7-10(11)14(12)20/h5-8H,3-4,9H2,1-2H3,(H,19,22). The molecule has 1 aromatic rings. The summed E-state index contributed by atoms with van der Waals surface area (Å²) in [5, 5.41) is 2.46. The summed E-state index contributed by atoms with van der Waals surface area (Å²) in [6.07, 6.45) is 0.587. The van der Waals surface area contributed by atoms with E-state index in [1.165, 1.54) is 12.1 Å². The molecule has 1 N–H and O–H groups in total. The van der Waals surface area contributed by atoms with E-state index in [2.05, 4.69) is 5.32 Å². The monoisotopic (exact) mass is 327 g/mol. The predicted octanol–water partition coefficient (Wildman–Crippen LogP) is 1.80. The molecule has 1 aliphatic heterocycles. The van der Waals surface area contributed by atoms with Gasteiger partial charge in [-0.15, -0.1) is 0 Å². The smallest absolute Gasteiger partial charge is 0.326 e. The zero-order chi connectivity index (χ0) is 17.5. The average Bonchev–Trinajstić information content (AvgIpc) is 2.87. The summed E-state index contributed by atoms with van der Waals surface area (Å²) < 4.78 is 5.08. The van der Waals surface area contributed by atoms with Gasteiger partial charge in [-0.05, 0) is 13.3 Å². The van der Waals surface area contributed by atoms with Gasteiger partial charge in [0.05, 0.1) is 17.9 Å². The van der Waals surface area contributed by atoms with Crippen LogP contribution in [0.5, 0.6) is 0 Å². The van der Waals surface area contributed by atoms with Crippen LogP contribution in [0.4, 0.5) is 0 Å². The average molecular weight is 327 g/mol. The molecule has 0 aromatic heterocycles. The third kappa shape index (κ3) is 1.95. The molecule has 1 unspecified atom stereocenters. The minimum atomic E-state index is -1.75. The number of carbonyl (C=O) groups is 4. The predicted molar refractivity (Wildman–Crippen MR) is 84.2 cm³/mol. The zero-order valence-corrected chi connectivity index (χ0v) is 13.5. The molecule has 6 nitrogen and oxygen atoms in total. The van der Waals surface area contributed by atoms with Crippen molar-refractivity contribution in [2.24, 2.45) is 5.41 Å². The number of hydrogen-bond donors (Lipinski definition) is 1. The van der Waals surface area contributed by atoms with Crippen molar-refractivity contribution in [2.45, 2.75) is 26.7 Å². The molecule has 1 amide bonds.